The molecule has 0 fully saturated rings. The molecular weight excluding hydrogens is 218 g/mol. The lowest BCUT2D eigenvalue weighted by atomic mass is 9.86. The van der Waals surface area contributed by atoms with Crippen LogP contribution in [-0.4, -0.2) is 23.5 Å². The summed E-state index contributed by atoms with van der Waals surface area (Å²) in [5.74, 6) is -0.809. The van der Waals surface area contributed by atoms with Crippen LogP contribution in [-0.2, 0) is 14.3 Å². The number of carbonyl (C=O) groups excluding carboxylic acids is 2. The Hall–Kier alpha value is -1.32. The third-order valence-corrected chi connectivity index (χ3v) is 1.98. The molecule has 0 aliphatic rings. The molecule has 0 aliphatic heterocycles. The van der Waals surface area contributed by atoms with Gasteiger partial charge in [0.1, 0.15) is 11.6 Å². The Balaban J connectivity index is 4.88. The molecule has 0 rings (SSSR count). The predicted octanol–water partition coefficient (Wildman–Crippen LogP) is 2.04. The molecule has 4 heteroatoms. The molecule has 1 atom stereocenters. The first-order valence-corrected chi connectivity index (χ1v) is 5.63. The second-order valence-electron chi connectivity index (χ2n) is 6.05. The third kappa shape index (κ3) is 6.09. The quantitative estimate of drug-likeness (QED) is 0.607. The van der Waals surface area contributed by atoms with Gasteiger partial charge in [0.2, 0.25) is 5.91 Å². The highest BCUT2D eigenvalue weighted by molar-refractivity contribution is 5.91. The highest BCUT2D eigenvalue weighted by atomic mass is 16.6. The Kier molecular flexibility index (Phi) is 4.93. The second-order valence-corrected chi connectivity index (χ2v) is 6.05. The summed E-state index contributed by atoms with van der Waals surface area (Å²) in [6.07, 6.45) is 1.14. The molecule has 0 radical (unpaired) electrons. The summed E-state index contributed by atoms with van der Waals surface area (Å²) >= 11 is 0. The number of hydrogen-bond acceptors (Lipinski definition) is 3. The van der Waals surface area contributed by atoms with E-state index in [2.05, 4.69) is 11.9 Å². The molecule has 1 amide bonds. The van der Waals surface area contributed by atoms with Crippen molar-refractivity contribution in [2.24, 2.45) is 5.41 Å². The van der Waals surface area contributed by atoms with E-state index in [1.165, 1.54) is 0 Å². The molecule has 0 aromatic rings. The van der Waals surface area contributed by atoms with E-state index in [1.54, 1.807) is 20.8 Å². The predicted molar refractivity (Wildman–Crippen MR) is 67.4 cm³/mol. The number of amides is 1. The van der Waals surface area contributed by atoms with Crippen LogP contribution in [0.25, 0.3) is 0 Å². The molecule has 0 saturated heterocycles. The zero-order chi connectivity index (χ0) is 13.9. The molecule has 0 aromatic heterocycles. The molecule has 0 bridgehead atoms. The summed E-state index contributed by atoms with van der Waals surface area (Å²) in [6, 6.07) is -0.688. The van der Waals surface area contributed by atoms with Crippen LogP contribution < -0.4 is 5.32 Å². The van der Waals surface area contributed by atoms with E-state index >= 15 is 0 Å². The van der Waals surface area contributed by atoms with Gasteiger partial charge in [-0.05, 0) is 32.3 Å². The average molecular weight is 241 g/mol. The summed E-state index contributed by atoms with van der Waals surface area (Å²) < 4.78 is 5.28. The lowest BCUT2D eigenvalue weighted by molar-refractivity contribution is -0.161. The van der Waals surface area contributed by atoms with Gasteiger partial charge < -0.3 is 10.1 Å². The molecule has 0 aliphatic carbocycles. The lowest BCUT2D eigenvalue weighted by Crippen LogP contribution is -2.50. The van der Waals surface area contributed by atoms with Crippen LogP contribution in [0.5, 0.6) is 0 Å². The molecule has 0 spiro atoms. The number of esters is 1. The highest BCUT2D eigenvalue weighted by Gasteiger charge is 2.35. The molecule has 0 unspecified atom stereocenters. The minimum absolute atomic E-state index is 0.379. The van der Waals surface area contributed by atoms with Gasteiger partial charge in [-0.1, -0.05) is 27.4 Å². The minimum Gasteiger partial charge on any atom is -0.458 e. The van der Waals surface area contributed by atoms with Gasteiger partial charge in [-0.15, -0.1) is 0 Å². The Labute approximate surface area is 103 Å². The molecule has 98 valence electrons. The highest BCUT2D eigenvalue weighted by Crippen LogP contribution is 2.22. The van der Waals surface area contributed by atoms with E-state index in [0.29, 0.717) is 0 Å². The van der Waals surface area contributed by atoms with Crippen molar-refractivity contribution in [2.75, 3.05) is 0 Å². The topological polar surface area (TPSA) is 55.4 Å². The first kappa shape index (κ1) is 15.7. The lowest BCUT2D eigenvalue weighted by Gasteiger charge is -2.32. The molecule has 1 N–H and O–H groups in total. The van der Waals surface area contributed by atoms with Gasteiger partial charge in [-0.25, -0.2) is 4.79 Å². The smallest absolute Gasteiger partial charge is 0.329 e. The Morgan fingerprint density at radius 2 is 1.65 bits per heavy atom. The Bertz CT molecular complexity index is 308. The Morgan fingerprint density at radius 1 is 1.18 bits per heavy atom. The largest absolute Gasteiger partial charge is 0.458 e. The van der Waals surface area contributed by atoms with Crippen molar-refractivity contribution in [1.82, 2.24) is 5.32 Å². The van der Waals surface area contributed by atoms with Gasteiger partial charge in [-0.2, -0.15) is 0 Å². The van der Waals surface area contributed by atoms with E-state index in [4.69, 9.17) is 4.74 Å². The van der Waals surface area contributed by atoms with E-state index in [0.717, 1.165) is 6.08 Å². The fourth-order valence-corrected chi connectivity index (χ4v) is 1.19. The third-order valence-electron chi connectivity index (χ3n) is 1.98. The van der Waals surface area contributed by atoms with Crippen LogP contribution in [0.4, 0.5) is 0 Å². The number of nitrogens with one attached hydrogen (secondary N) is 1. The molecule has 4 nitrogen and oxygen atoms in total. The SMILES string of the molecule is C=CC(=O)N[C@H](C(=O)OC(C)(C)C)C(C)(C)C. The van der Waals surface area contributed by atoms with Crippen LogP contribution >= 0.6 is 0 Å². The van der Waals surface area contributed by atoms with Crippen LogP contribution in [0.2, 0.25) is 0 Å². The van der Waals surface area contributed by atoms with E-state index in [9.17, 15) is 9.59 Å². The van der Waals surface area contributed by atoms with Crippen molar-refractivity contribution in [3.8, 4) is 0 Å². The van der Waals surface area contributed by atoms with Crippen molar-refractivity contribution >= 4 is 11.9 Å². The monoisotopic (exact) mass is 241 g/mol. The first-order chi connectivity index (χ1) is 7.47. The van der Waals surface area contributed by atoms with Crippen LogP contribution in [0.3, 0.4) is 0 Å². The summed E-state index contributed by atoms with van der Waals surface area (Å²) in [5.41, 5.74) is -0.986. The number of rotatable bonds is 3. The van der Waals surface area contributed by atoms with Gasteiger partial charge in [0.05, 0.1) is 0 Å². The molecule has 0 heterocycles. The van der Waals surface area contributed by atoms with Crippen molar-refractivity contribution in [3.63, 3.8) is 0 Å². The normalized spacial score (nSPS) is 13.8. The first-order valence-electron chi connectivity index (χ1n) is 5.63. The molecule has 0 aromatic carbocycles. The van der Waals surface area contributed by atoms with Gasteiger partial charge in [0.15, 0.2) is 0 Å². The summed E-state index contributed by atoms with van der Waals surface area (Å²) in [6.45, 7) is 14.3. The average Bonchev–Trinajstić information content (AvgIpc) is 2.08. The van der Waals surface area contributed by atoms with Crippen molar-refractivity contribution in [2.45, 2.75) is 53.2 Å². The van der Waals surface area contributed by atoms with Crippen molar-refractivity contribution in [3.05, 3.63) is 12.7 Å². The van der Waals surface area contributed by atoms with E-state index in [-0.39, 0.29) is 5.91 Å². The fourth-order valence-electron chi connectivity index (χ4n) is 1.19. The maximum Gasteiger partial charge on any atom is 0.329 e. The second kappa shape index (κ2) is 5.34. The zero-order valence-electron chi connectivity index (χ0n) is 11.6. The number of carbonyl (C=O) groups is 2. The molecule has 17 heavy (non-hydrogen) atoms. The van der Waals surface area contributed by atoms with Gasteiger partial charge in [0, 0.05) is 0 Å². The van der Waals surface area contributed by atoms with Gasteiger partial charge >= 0.3 is 5.97 Å². The van der Waals surface area contributed by atoms with Crippen LogP contribution in [0.1, 0.15) is 41.5 Å². The zero-order valence-corrected chi connectivity index (χ0v) is 11.6. The molecular formula is C13H23NO3. The summed E-state index contributed by atoms with van der Waals surface area (Å²) in [5, 5.41) is 2.60. The van der Waals surface area contributed by atoms with Crippen LogP contribution in [0, 0.1) is 5.41 Å². The van der Waals surface area contributed by atoms with Crippen molar-refractivity contribution in [1.29, 1.82) is 0 Å². The molecule has 0 saturated carbocycles. The van der Waals surface area contributed by atoms with Crippen molar-refractivity contribution < 1.29 is 14.3 Å². The van der Waals surface area contributed by atoms with E-state index < -0.39 is 23.0 Å². The van der Waals surface area contributed by atoms with Gasteiger partial charge in [-0.3, -0.25) is 4.79 Å². The number of hydrogen-bond donors (Lipinski definition) is 1. The van der Waals surface area contributed by atoms with E-state index in [1.807, 2.05) is 20.8 Å². The maximum absolute atomic E-state index is 12.0. The summed E-state index contributed by atoms with van der Waals surface area (Å²) in [7, 11) is 0. The number of ether oxygens (including phenoxy) is 1. The minimum atomic E-state index is -0.688. The standard InChI is InChI=1S/C13H23NO3/c1-8-9(15)14-10(12(2,3)4)11(16)17-13(5,6)7/h8,10H,1H2,2-7H3,(H,14,15)/t10-/m1/s1. The maximum atomic E-state index is 12.0. The van der Waals surface area contributed by atoms with Crippen LogP contribution in [0.15, 0.2) is 12.7 Å². The summed E-state index contributed by atoms with van der Waals surface area (Å²) in [4.78, 5) is 23.3. The Morgan fingerprint density at radius 3 is 1.94 bits per heavy atom. The van der Waals surface area contributed by atoms with Gasteiger partial charge in [0.25, 0.3) is 0 Å². The fraction of sp³-hybridized carbons (Fsp3) is 0.692.